The highest BCUT2D eigenvalue weighted by Gasteiger charge is 2.12. The molecular formula is C14H21Cl2NO3S. The molecule has 1 rings (SSSR count). The monoisotopic (exact) mass is 353 g/mol. The van der Waals surface area contributed by atoms with Crippen LogP contribution in [0, 0.1) is 0 Å². The van der Waals surface area contributed by atoms with Gasteiger partial charge in [0.2, 0.25) is 0 Å². The van der Waals surface area contributed by atoms with E-state index in [0.29, 0.717) is 41.4 Å². The van der Waals surface area contributed by atoms with Crippen molar-refractivity contribution >= 4 is 33.0 Å². The van der Waals surface area contributed by atoms with E-state index in [1.54, 1.807) is 12.1 Å². The molecule has 120 valence electrons. The second-order valence-electron chi connectivity index (χ2n) is 5.24. The third-order valence-corrected chi connectivity index (χ3v) is 4.22. The minimum Gasteiger partial charge on any atom is -0.492 e. The predicted molar refractivity (Wildman–Crippen MR) is 88.3 cm³/mol. The van der Waals surface area contributed by atoms with E-state index in [1.807, 2.05) is 13.8 Å². The number of halogens is 2. The summed E-state index contributed by atoms with van der Waals surface area (Å²) in [7, 11) is -2.97. The topological polar surface area (TPSA) is 55.4 Å². The van der Waals surface area contributed by atoms with Crippen LogP contribution in [0.1, 0.15) is 25.8 Å². The summed E-state index contributed by atoms with van der Waals surface area (Å²) in [6, 6.07) is 3.74. The number of rotatable bonds is 8. The highest BCUT2D eigenvalue weighted by molar-refractivity contribution is 7.90. The first-order valence-corrected chi connectivity index (χ1v) is 9.52. The summed E-state index contributed by atoms with van der Waals surface area (Å²) >= 11 is 12.2. The summed E-state index contributed by atoms with van der Waals surface area (Å²) in [6.07, 6.45) is 1.63. The van der Waals surface area contributed by atoms with Crippen LogP contribution in [0.4, 0.5) is 0 Å². The normalized spacial score (nSPS) is 11.9. The van der Waals surface area contributed by atoms with Crippen LogP contribution < -0.4 is 10.1 Å². The van der Waals surface area contributed by atoms with Gasteiger partial charge < -0.3 is 10.1 Å². The van der Waals surface area contributed by atoms with Gasteiger partial charge in [0, 0.05) is 29.4 Å². The van der Waals surface area contributed by atoms with Gasteiger partial charge in [-0.15, -0.1) is 0 Å². The van der Waals surface area contributed by atoms with Crippen LogP contribution in [-0.2, 0) is 16.4 Å². The Morgan fingerprint density at radius 2 is 1.95 bits per heavy atom. The molecule has 0 spiro atoms. The molecule has 7 heteroatoms. The molecule has 1 aromatic carbocycles. The fourth-order valence-corrected chi connectivity index (χ4v) is 2.95. The summed E-state index contributed by atoms with van der Waals surface area (Å²) in [4.78, 5) is 0. The number of hydrogen-bond donors (Lipinski definition) is 1. The molecule has 0 aliphatic rings. The Hall–Kier alpha value is -0.490. The van der Waals surface area contributed by atoms with E-state index < -0.39 is 9.84 Å². The molecule has 0 atom stereocenters. The number of ether oxygens (including phenoxy) is 1. The number of nitrogens with one attached hydrogen (secondary N) is 1. The van der Waals surface area contributed by atoms with E-state index in [2.05, 4.69) is 5.32 Å². The van der Waals surface area contributed by atoms with Crippen molar-refractivity contribution in [3.05, 3.63) is 27.7 Å². The molecule has 0 saturated carbocycles. The third-order valence-electron chi connectivity index (χ3n) is 2.69. The van der Waals surface area contributed by atoms with Crippen molar-refractivity contribution in [3.8, 4) is 5.75 Å². The second-order valence-corrected chi connectivity index (χ2v) is 8.35. The van der Waals surface area contributed by atoms with Gasteiger partial charge in [-0.2, -0.15) is 0 Å². The fourth-order valence-electron chi connectivity index (χ4n) is 1.72. The lowest BCUT2D eigenvalue weighted by Crippen LogP contribution is -2.22. The molecule has 0 fully saturated rings. The number of hydrogen-bond acceptors (Lipinski definition) is 4. The van der Waals surface area contributed by atoms with E-state index >= 15 is 0 Å². The molecule has 1 aromatic rings. The Balaban J connectivity index is 2.74. The molecule has 0 radical (unpaired) electrons. The summed E-state index contributed by atoms with van der Waals surface area (Å²) in [5.74, 6) is 0.653. The first-order valence-electron chi connectivity index (χ1n) is 6.71. The van der Waals surface area contributed by atoms with Crippen molar-refractivity contribution in [2.24, 2.45) is 0 Å². The van der Waals surface area contributed by atoms with E-state index in [-0.39, 0.29) is 5.75 Å². The van der Waals surface area contributed by atoms with E-state index in [1.165, 1.54) is 6.26 Å². The average Bonchev–Trinajstić information content (AvgIpc) is 2.32. The maximum Gasteiger partial charge on any atom is 0.147 e. The largest absolute Gasteiger partial charge is 0.492 e. The van der Waals surface area contributed by atoms with Gasteiger partial charge in [-0.3, -0.25) is 0 Å². The molecule has 4 nitrogen and oxygen atoms in total. The third kappa shape index (κ3) is 7.36. The lowest BCUT2D eigenvalue weighted by Gasteiger charge is -2.15. The van der Waals surface area contributed by atoms with Crippen LogP contribution in [0.25, 0.3) is 0 Å². The van der Waals surface area contributed by atoms with Crippen LogP contribution in [0.3, 0.4) is 0 Å². The van der Waals surface area contributed by atoms with Gasteiger partial charge in [-0.05, 0) is 18.6 Å². The predicted octanol–water partition coefficient (Wildman–Crippen LogP) is 3.30. The zero-order valence-electron chi connectivity index (χ0n) is 12.4. The Labute approximate surface area is 136 Å². The molecule has 0 aliphatic carbocycles. The maximum atomic E-state index is 11.1. The number of benzene rings is 1. The van der Waals surface area contributed by atoms with E-state index in [9.17, 15) is 8.42 Å². The van der Waals surface area contributed by atoms with Crippen LogP contribution in [0.5, 0.6) is 5.75 Å². The van der Waals surface area contributed by atoms with Crippen molar-refractivity contribution in [1.82, 2.24) is 5.32 Å². The van der Waals surface area contributed by atoms with Crippen molar-refractivity contribution in [2.45, 2.75) is 32.9 Å². The minimum atomic E-state index is -2.97. The fraction of sp³-hybridized carbons (Fsp3) is 0.571. The Morgan fingerprint density at radius 3 is 2.52 bits per heavy atom. The molecule has 0 aromatic heterocycles. The molecule has 0 saturated heterocycles. The SMILES string of the molecule is CC(C)NCc1cc(Cl)cc(Cl)c1OCCCS(C)(=O)=O. The van der Waals surface area contributed by atoms with Crippen LogP contribution in [-0.4, -0.2) is 33.1 Å². The molecule has 21 heavy (non-hydrogen) atoms. The Morgan fingerprint density at radius 1 is 1.29 bits per heavy atom. The lowest BCUT2D eigenvalue weighted by molar-refractivity contribution is 0.313. The Bertz CT molecular complexity index is 574. The zero-order valence-corrected chi connectivity index (χ0v) is 14.8. The van der Waals surface area contributed by atoms with Gasteiger partial charge in [-0.25, -0.2) is 8.42 Å². The van der Waals surface area contributed by atoms with Crippen LogP contribution in [0.2, 0.25) is 10.0 Å². The lowest BCUT2D eigenvalue weighted by atomic mass is 10.2. The minimum absolute atomic E-state index is 0.0950. The smallest absolute Gasteiger partial charge is 0.147 e. The summed E-state index contributed by atoms with van der Waals surface area (Å²) in [5, 5.41) is 4.26. The maximum absolute atomic E-state index is 11.1. The van der Waals surface area contributed by atoms with Crippen molar-refractivity contribution in [1.29, 1.82) is 0 Å². The van der Waals surface area contributed by atoms with Crippen LogP contribution >= 0.6 is 23.2 Å². The van der Waals surface area contributed by atoms with Crippen LogP contribution in [0.15, 0.2) is 12.1 Å². The first kappa shape index (κ1) is 18.6. The average molecular weight is 354 g/mol. The van der Waals surface area contributed by atoms with Gasteiger partial charge in [0.1, 0.15) is 15.6 Å². The highest BCUT2D eigenvalue weighted by Crippen LogP contribution is 2.32. The van der Waals surface area contributed by atoms with E-state index in [4.69, 9.17) is 27.9 Å². The van der Waals surface area contributed by atoms with E-state index in [0.717, 1.165) is 5.56 Å². The molecule has 0 aliphatic heterocycles. The quantitative estimate of drug-likeness (QED) is 0.728. The summed E-state index contributed by atoms with van der Waals surface area (Å²) < 4.78 is 27.8. The standard InChI is InChI=1S/C14H21Cl2NO3S/c1-10(2)17-9-11-7-12(15)8-13(16)14(11)20-5-4-6-21(3,18)19/h7-8,10,17H,4-6,9H2,1-3H3. The van der Waals surface area contributed by atoms with Crippen molar-refractivity contribution < 1.29 is 13.2 Å². The number of sulfone groups is 1. The Kier molecular flexibility index (Phi) is 7.27. The molecular weight excluding hydrogens is 333 g/mol. The molecule has 0 heterocycles. The molecule has 0 amide bonds. The first-order chi connectivity index (χ1) is 9.69. The summed E-state index contributed by atoms with van der Waals surface area (Å²) in [5.41, 5.74) is 0.862. The second kappa shape index (κ2) is 8.22. The van der Waals surface area contributed by atoms with Crippen molar-refractivity contribution in [3.63, 3.8) is 0 Å². The molecule has 1 N–H and O–H groups in total. The van der Waals surface area contributed by atoms with Gasteiger partial charge in [0.15, 0.2) is 0 Å². The zero-order chi connectivity index (χ0) is 16.0. The van der Waals surface area contributed by atoms with Gasteiger partial charge >= 0.3 is 0 Å². The molecule has 0 bridgehead atoms. The summed E-state index contributed by atoms with van der Waals surface area (Å²) in [6.45, 7) is 4.96. The van der Waals surface area contributed by atoms with Gasteiger partial charge in [0.05, 0.1) is 17.4 Å². The highest BCUT2D eigenvalue weighted by atomic mass is 35.5. The van der Waals surface area contributed by atoms with Crippen molar-refractivity contribution in [2.75, 3.05) is 18.6 Å². The van der Waals surface area contributed by atoms with Gasteiger partial charge in [-0.1, -0.05) is 37.0 Å². The molecule has 0 unspecified atom stereocenters. The van der Waals surface area contributed by atoms with Gasteiger partial charge in [0.25, 0.3) is 0 Å².